The lowest BCUT2D eigenvalue weighted by Crippen LogP contribution is -2.50. The maximum atomic E-state index is 11.8. The van der Waals surface area contributed by atoms with E-state index in [9.17, 15) is 4.79 Å². The molecule has 0 radical (unpaired) electrons. The van der Waals surface area contributed by atoms with Crippen LogP contribution in [-0.2, 0) is 0 Å². The molecule has 1 saturated heterocycles. The molecule has 1 aliphatic rings. The van der Waals surface area contributed by atoms with Gasteiger partial charge in [-0.1, -0.05) is 12.1 Å². The van der Waals surface area contributed by atoms with Gasteiger partial charge in [0.25, 0.3) is 5.91 Å². The van der Waals surface area contributed by atoms with Crippen LogP contribution in [0.2, 0.25) is 0 Å². The fourth-order valence-electron chi connectivity index (χ4n) is 1.89. The first-order chi connectivity index (χ1) is 7.66. The van der Waals surface area contributed by atoms with Crippen LogP contribution in [0.25, 0.3) is 0 Å². The van der Waals surface area contributed by atoms with Crippen molar-refractivity contribution in [1.82, 2.24) is 15.8 Å². The quantitative estimate of drug-likeness (QED) is 0.836. The standard InChI is InChI=1S/C11H17N3O2.ClH/c1-7-3-4-12-6-9(7)13-11(15)10-5-8(2)14-16-10;/h5,7,9,12H,3-4,6H2,1-2H3,(H,13,15);1H. The summed E-state index contributed by atoms with van der Waals surface area (Å²) in [5.74, 6) is 0.602. The Labute approximate surface area is 107 Å². The molecular formula is C11H18ClN3O2. The van der Waals surface area contributed by atoms with Gasteiger partial charge in [0.2, 0.25) is 5.76 Å². The van der Waals surface area contributed by atoms with Gasteiger partial charge in [0.05, 0.1) is 5.69 Å². The lowest BCUT2D eigenvalue weighted by molar-refractivity contribution is 0.0877. The number of hydrogen-bond acceptors (Lipinski definition) is 4. The van der Waals surface area contributed by atoms with E-state index in [1.54, 1.807) is 13.0 Å². The van der Waals surface area contributed by atoms with Crippen molar-refractivity contribution in [3.05, 3.63) is 17.5 Å². The van der Waals surface area contributed by atoms with Crippen LogP contribution >= 0.6 is 12.4 Å². The van der Waals surface area contributed by atoms with Crippen LogP contribution in [0.1, 0.15) is 29.6 Å². The summed E-state index contributed by atoms with van der Waals surface area (Å²) in [5, 5.41) is 9.93. The molecule has 1 aromatic rings. The Morgan fingerprint density at radius 3 is 3.00 bits per heavy atom. The second-order valence-electron chi connectivity index (χ2n) is 4.38. The van der Waals surface area contributed by atoms with Crippen molar-refractivity contribution in [2.24, 2.45) is 5.92 Å². The number of carbonyl (C=O) groups is 1. The number of aryl methyl sites for hydroxylation is 1. The van der Waals surface area contributed by atoms with Crippen molar-refractivity contribution in [2.45, 2.75) is 26.3 Å². The molecule has 1 fully saturated rings. The zero-order chi connectivity index (χ0) is 11.5. The van der Waals surface area contributed by atoms with Crippen LogP contribution in [0.4, 0.5) is 0 Å². The van der Waals surface area contributed by atoms with Crippen LogP contribution in [0.3, 0.4) is 0 Å². The number of aromatic nitrogens is 1. The summed E-state index contributed by atoms with van der Waals surface area (Å²) in [6.07, 6.45) is 1.08. The van der Waals surface area contributed by atoms with Crippen LogP contribution in [0.15, 0.2) is 10.6 Å². The molecule has 1 aliphatic heterocycles. The molecule has 2 heterocycles. The zero-order valence-corrected chi connectivity index (χ0v) is 10.8. The van der Waals surface area contributed by atoms with Crippen LogP contribution in [-0.4, -0.2) is 30.2 Å². The van der Waals surface area contributed by atoms with Crippen molar-refractivity contribution in [3.8, 4) is 0 Å². The van der Waals surface area contributed by atoms with E-state index in [1.165, 1.54) is 0 Å². The Morgan fingerprint density at radius 1 is 1.65 bits per heavy atom. The first-order valence-corrected chi connectivity index (χ1v) is 5.61. The number of rotatable bonds is 2. The number of nitrogens with one attached hydrogen (secondary N) is 2. The maximum Gasteiger partial charge on any atom is 0.290 e. The van der Waals surface area contributed by atoms with Crippen molar-refractivity contribution in [1.29, 1.82) is 0 Å². The SMILES string of the molecule is Cc1cc(C(=O)NC2CNCCC2C)on1.Cl. The molecule has 1 amide bonds. The van der Waals surface area contributed by atoms with E-state index in [2.05, 4.69) is 22.7 Å². The van der Waals surface area contributed by atoms with E-state index >= 15 is 0 Å². The number of halogens is 1. The van der Waals surface area contributed by atoms with E-state index in [0.29, 0.717) is 5.92 Å². The molecule has 0 bridgehead atoms. The smallest absolute Gasteiger partial charge is 0.290 e. The van der Waals surface area contributed by atoms with E-state index in [0.717, 1.165) is 25.2 Å². The average molecular weight is 260 g/mol. The average Bonchev–Trinajstić information content (AvgIpc) is 2.68. The molecule has 0 saturated carbocycles. The summed E-state index contributed by atoms with van der Waals surface area (Å²) in [4.78, 5) is 11.8. The number of hydrogen-bond donors (Lipinski definition) is 2. The molecule has 6 heteroatoms. The highest BCUT2D eigenvalue weighted by molar-refractivity contribution is 5.91. The summed E-state index contributed by atoms with van der Waals surface area (Å²) in [5.41, 5.74) is 0.722. The number of carbonyl (C=O) groups excluding carboxylic acids is 1. The molecular weight excluding hydrogens is 242 g/mol. The Morgan fingerprint density at radius 2 is 2.41 bits per heavy atom. The van der Waals surface area contributed by atoms with Gasteiger partial charge in [-0.25, -0.2) is 0 Å². The van der Waals surface area contributed by atoms with Crippen LogP contribution in [0, 0.1) is 12.8 Å². The topological polar surface area (TPSA) is 67.2 Å². The monoisotopic (exact) mass is 259 g/mol. The predicted molar refractivity (Wildman–Crippen MR) is 66.4 cm³/mol. The lowest BCUT2D eigenvalue weighted by Gasteiger charge is -2.29. The van der Waals surface area contributed by atoms with Gasteiger partial charge in [-0.3, -0.25) is 4.79 Å². The van der Waals surface area contributed by atoms with E-state index in [4.69, 9.17) is 4.52 Å². The minimum absolute atomic E-state index is 0. The van der Waals surface area contributed by atoms with E-state index in [1.807, 2.05) is 0 Å². The maximum absolute atomic E-state index is 11.8. The van der Waals surface area contributed by atoms with Gasteiger partial charge >= 0.3 is 0 Å². The second-order valence-corrected chi connectivity index (χ2v) is 4.38. The molecule has 0 aliphatic carbocycles. The highest BCUT2D eigenvalue weighted by Gasteiger charge is 2.24. The molecule has 5 nitrogen and oxygen atoms in total. The molecule has 17 heavy (non-hydrogen) atoms. The van der Waals surface area contributed by atoms with Crippen molar-refractivity contribution in [3.63, 3.8) is 0 Å². The highest BCUT2D eigenvalue weighted by Crippen LogP contribution is 2.12. The third-order valence-electron chi connectivity index (χ3n) is 3.00. The highest BCUT2D eigenvalue weighted by atomic mass is 35.5. The van der Waals surface area contributed by atoms with Crippen molar-refractivity contribution in [2.75, 3.05) is 13.1 Å². The van der Waals surface area contributed by atoms with Crippen LogP contribution < -0.4 is 10.6 Å². The largest absolute Gasteiger partial charge is 0.351 e. The fraction of sp³-hybridized carbons (Fsp3) is 0.636. The molecule has 2 rings (SSSR count). The Balaban J connectivity index is 0.00000144. The predicted octanol–water partition coefficient (Wildman–Crippen LogP) is 1.13. The van der Waals surface area contributed by atoms with Gasteiger partial charge in [-0.15, -0.1) is 12.4 Å². The Kier molecular flexibility index (Phi) is 4.96. The lowest BCUT2D eigenvalue weighted by atomic mass is 9.95. The summed E-state index contributed by atoms with van der Waals surface area (Å²) in [6, 6.07) is 1.82. The number of piperidine rings is 1. The normalized spacial score (nSPS) is 23.9. The second kappa shape index (κ2) is 6.02. The summed E-state index contributed by atoms with van der Waals surface area (Å²) in [6.45, 7) is 5.79. The van der Waals surface area contributed by atoms with Crippen LogP contribution in [0.5, 0.6) is 0 Å². The fourth-order valence-corrected chi connectivity index (χ4v) is 1.89. The number of nitrogens with zero attached hydrogens (tertiary/aromatic N) is 1. The van der Waals surface area contributed by atoms with E-state index < -0.39 is 0 Å². The third-order valence-corrected chi connectivity index (χ3v) is 3.00. The van der Waals surface area contributed by atoms with Gasteiger partial charge in [0, 0.05) is 18.7 Å². The third kappa shape index (κ3) is 3.44. The van der Waals surface area contributed by atoms with Gasteiger partial charge in [-0.05, 0) is 25.8 Å². The van der Waals surface area contributed by atoms with Gasteiger partial charge in [-0.2, -0.15) is 0 Å². The number of amides is 1. The Hall–Kier alpha value is -1.07. The summed E-state index contributed by atoms with van der Waals surface area (Å²) in [7, 11) is 0. The molecule has 1 aromatic heterocycles. The van der Waals surface area contributed by atoms with Crippen molar-refractivity contribution < 1.29 is 9.32 Å². The first kappa shape index (κ1) is 14.0. The van der Waals surface area contributed by atoms with Gasteiger partial charge in [0.15, 0.2) is 0 Å². The summed E-state index contributed by atoms with van der Waals surface area (Å²) < 4.78 is 4.92. The molecule has 2 N–H and O–H groups in total. The molecule has 2 unspecified atom stereocenters. The zero-order valence-electron chi connectivity index (χ0n) is 10.0. The first-order valence-electron chi connectivity index (χ1n) is 5.61. The minimum Gasteiger partial charge on any atom is -0.351 e. The van der Waals surface area contributed by atoms with Gasteiger partial charge < -0.3 is 15.2 Å². The summed E-state index contributed by atoms with van der Waals surface area (Å²) >= 11 is 0. The minimum atomic E-state index is -0.179. The molecule has 0 aromatic carbocycles. The molecule has 96 valence electrons. The van der Waals surface area contributed by atoms with Gasteiger partial charge in [0.1, 0.15) is 0 Å². The van der Waals surface area contributed by atoms with Crippen molar-refractivity contribution >= 4 is 18.3 Å². The molecule has 2 atom stereocenters. The Bertz CT molecular complexity index is 381. The van der Waals surface area contributed by atoms with E-state index in [-0.39, 0.29) is 30.1 Å². The molecule has 0 spiro atoms.